The van der Waals surface area contributed by atoms with Gasteiger partial charge in [-0.25, -0.2) is 13.2 Å². The predicted molar refractivity (Wildman–Crippen MR) is 207 cm³/mol. The fourth-order valence-electron chi connectivity index (χ4n) is 6.66. The minimum absolute atomic E-state index is 0.000252. The lowest BCUT2D eigenvalue weighted by Gasteiger charge is -2.39. The van der Waals surface area contributed by atoms with Crippen LogP contribution in [0.2, 0.25) is 0 Å². The van der Waals surface area contributed by atoms with Gasteiger partial charge in [0.2, 0.25) is 17.6 Å². The average Bonchev–Trinajstić information content (AvgIpc) is 3.48. The Bertz CT molecular complexity index is 1580. The lowest BCUT2D eigenvalue weighted by molar-refractivity contribution is -0.144. The molecular formula is C38H62N6O7S2. The summed E-state index contributed by atoms with van der Waals surface area (Å²) in [7, 11) is -3.84. The Labute approximate surface area is 320 Å². The first kappa shape index (κ1) is 44.1. The monoisotopic (exact) mass is 778 g/mol. The lowest BCUT2D eigenvalue weighted by Crippen LogP contribution is -2.62. The summed E-state index contributed by atoms with van der Waals surface area (Å²) in [6.45, 7) is 22.7. The maximum absolute atomic E-state index is 14.5. The second-order valence-corrected chi connectivity index (χ2v) is 20.3. The molecule has 298 valence electrons. The molecule has 1 saturated heterocycles. The molecule has 1 aromatic rings. The highest BCUT2D eigenvalue weighted by molar-refractivity contribution is 7.91. The van der Waals surface area contributed by atoms with E-state index in [1.54, 1.807) is 31.4 Å². The fourth-order valence-corrected chi connectivity index (χ4v) is 9.43. The van der Waals surface area contributed by atoms with E-state index < -0.39 is 80.6 Å². The number of ketones is 1. The van der Waals surface area contributed by atoms with Crippen LogP contribution in [0.5, 0.6) is 0 Å². The Kier molecular flexibility index (Phi) is 14.9. The van der Waals surface area contributed by atoms with Gasteiger partial charge in [-0.15, -0.1) is 17.9 Å². The highest BCUT2D eigenvalue weighted by Crippen LogP contribution is 2.36. The molecule has 0 spiro atoms. The molecule has 2 unspecified atom stereocenters. The number of carbonyl (C=O) groups is 5. The Balaban J connectivity index is 1.86. The molecule has 1 aliphatic heterocycles. The number of nitrogens with one attached hydrogen (secondary N) is 4. The predicted octanol–water partition coefficient (Wildman–Crippen LogP) is 4.31. The number of thiophene rings is 1. The summed E-state index contributed by atoms with van der Waals surface area (Å²) in [4.78, 5) is 69.8. The summed E-state index contributed by atoms with van der Waals surface area (Å²) in [6, 6.07) is -1.46. The van der Waals surface area contributed by atoms with Crippen LogP contribution in [0.25, 0.3) is 0 Å². The molecule has 13 nitrogen and oxygen atoms in total. The molecule has 53 heavy (non-hydrogen) atoms. The summed E-state index contributed by atoms with van der Waals surface area (Å²) in [5, 5.41) is 12.9. The smallest absolute Gasteiger partial charge is 0.315 e. The van der Waals surface area contributed by atoms with E-state index in [-0.39, 0.29) is 41.6 Å². The van der Waals surface area contributed by atoms with E-state index >= 15 is 0 Å². The maximum Gasteiger partial charge on any atom is 0.315 e. The van der Waals surface area contributed by atoms with E-state index in [2.05, 4.69) is 27.8 Å². The van der Waals surface area contributed by atoms with Crippen molar-refractivity contribution in [1.82, 2.24) is 30.5 Å². The standard InChI is InChI=1S/C38H62N6O7S2/c1-12-18-39-34(47)31(45)27(21-25-15-16-25)40-33(46)30-26(23(2)3)17-19-43(30)35(48)32(38(9,10)11)42-36(49)41-28(37(6,7)8)22-44(24(4)5)53(50,51)29-14-13-20-52-29/h12-14,20,23-28,30,32H,1,15-19,21-22H2,2-11H3,(H,39,47)(H,40,46)(H2,41,42,49)/t26?,27?,28-,30+,32-/m1/s1. The molecule has 0 bridgehead atoms. The summed E-state index contributed by atoms with van der Waals surface area (Å²) >= 11 is 1.13. The van der Waals surface area contributed by atoms with Gasteiger partial charge in [0.15, 0.2) is 0 Å². The molecule has 4 N–H and O–H groups in total. The van der Waals surface area contributed by atoms with Crippen molar-refractivity contribution in [3.05, 3.63) is 30.2 Å². The second kappa shape index (κ2) is 17.9. The summed E-state index contributed by atoms with van der Waals surface area (Å²) in [6.07, 6.45) is 4.17. The minimum atomic E-state index is -3.84. The van der Waals surface area contributed by atoms with Crippen molar-refractivity contribution >= 4 is 50.9 Å². The number of rotatable bonds is 17. The zero-order valence-electron chi connectivity index (χ0n) is 33.2. The van der Waals surface area contributed by atoms with Gasteiger partial charge in [-0.3, -0.25) is 19.2 Å². The summed E-state index contributed by atoms with van der Waals surface area (Å²) in [5.41, 5.74) is -1.36. The largest absolute Gasteiger partial charge is 0.346 e. The Morgan fingerprint density at radius 2 is 1.62 bits per heavy atom. The van der Waals surface area contributed by atoms with Crippen molar-refractivity contribution in [3.63, 3.8) is 0 Å². The Morgan fingerprint density at radius 1 is 0.981 bits per heavy atom. The van der Waals surface area contributed by atoms with Crippen LogP contribution in [-0.4, -0.2) is 97.0 Å². The van der Waals surface area contributed by atoms with Gasteiger partial charge in [-0.1, -0.05) is 80.4 Å². The molecule has 1 saturated carbocycles. The number of Topliss-reactive ketones (excluding diaryl/α,β-unsaturated/α-hetero) is 1. The van der Waals surface area contributed by atoms with Crippen LogP contribution in [0.15, 0.2) is 34.4 Å². The van der Waals surface area contributed by atoms with Crippen molar-refractivity contribution in [3.8, 4) is 0 Å². The normalized spacial score (nSPS) is 19.8. The van der Waals surface area contributed by atoms with Crippen molar-refractivity contribution < 1.29 is 32.4 Å². The molecule has 0 radical (unpaired) electrons. The van der Waals surface area contributed by atoms with Gasteiger partial charge < -0.3 is 26.2 Å². The minimum Gasteiger partial charge on any atom is -0.346 e. The van der Waals surface area contributed by atoms with Gasteiger partial charge in [0.25, 0.3) is 15.9 Å². The molecule has 15 heteroatoms. The van der Waals surface area contributed by atoms with Crippen LogP contribution in [0.4, 0.5) is 4.79 Å². The third kappa shape index (κ3) is 11.6. The first-order chi connectivity index (χ1) is 24.5. The van der Waals surface area contributed by atoms with Crippen LogP contribution in [0.3, 0.4) is 0 Å². The fraction of sp³-hybridized carbons (Fsp3) is 0.711. The zero-order chi connectivity index (χ0) is 40.1. The van der Waals surface area contributed by atoms with Crippen molar-refractivity contribution in [1.29, 1.82) is 0 Å². The highest BCUT2D eigenvalue weighted by Gasteiger charge is 2.48. The van der Waals surface area contributed by atoms with Crippen LogP contribution < -0.4 is 21.3 Å². The number of carbonyl (C=O) groups excluding carboxylic acids is 5. The Morgan fingerprint density at radius 3 is 2.11 bits per heavy atom. The third-order valence-electron chi connectivity index (χ3n) is 10.1. The molecule has 1 aromatic heterocycles. The number of nitrogens with zero attached hydrogens (tertiary/aromatic N) is 2. The number of likely N-dealkylation sites (tertiary alicyclic amines) is 1. The number of amides is 5. The van der Waals surface area contributed by atoms with Crippen LogP contribution in [0.1, 0.15) is 94.9 Å². The molecule has 2 fully saturated rings. The maximum atomic E-state index is 14.5. The zero-order valence-corrected chi connectivity index (χ0v) is 34.8. The molecule has 3 rings (SSSR count). The van der Waals surface area contributed by atoms with E-state index in [9.17, 15) is 32.4 Å². The van der Waals surface area contributed by atoms with Crippen molar-refractivity contribution in [2.75, 3.05) is 19.6 Å². The quantitative estimate of drug-likeness (QED) is 0.135. The highest BCUT2D eigenvalue weighted by atomic mass is 32.2. The van der Waals surface area contributed by atoms with Gasteiger partial charge in [0.1, 0.15) is 16.3 Å². The van der Waals surface area contributed by atoms with E-state index in [4.69, 9.17) is 0 Å². The third-order valence-corrected chi connectivity index (χ3v) is 13.5. The second-order valence-electron chi connectivity index (χ2n) is 17.2. The molecular weight excluding hydrogens is 717 g/mol. The van der Waals surface area contributed by atoms with Gasteiger partial charge >= 0.3 is 6.03 Å². The summed E-state index contributed by atoms with van der Waals surface area (Å²) < 4.78 is 28.8. The van der Waals surface area contributed by atoms with E-state index in [0.29, 0.717) is 12.8 Å². The molecule has 5 atom stereocenters. The van der Waals surface area contributed by atoms with Gasteiger partial charge in [0.05, 0.1) is 6.04 Å². The first-order valence-corrected chi connectivity index (χ1v) is 21.0. The van der Waals surface area contributed by atoms with Crippen molar-refractivity contribution in [2.24, 2.45) is 28.6 Å². The van der Waals surface area contributed by atoms with Crippen LogP contribution in [-0.2, 0) is 29.2 Å². The number of sulfonamides is 1. The van der Waals surface area contributed by atoms with E-state index in [1.165, 1.54) is 15.3 Å². The molecule has 5 amide bonds. The number of hydrogen-bond acceptors (Lipinski definition) is 8. The number of urea groups is 1. The molecule has 0 aromatic carbocycles. The lowest BCUT2D eigenvalue weighted by atomic mass is 9.84. The van der Waals surface area contributed by atoms with E-state index in [1.807, 2.05) is 55.4 Å². The first-order valence-electron chi connectivity index (χ1n) is 18.7. The van der Waals surface area contributed by atoms with E-state index in [0.717, 1.165) is 24.2 Å². The summed E-state index contributed by atoms with van der Waals surface area (Å²) in [5.74, 6) is -2.46. The van der Waals surface area contributed by atoms with Gasteiger partial charge in [-0.05, 0) is 66.7 Å². The molecule has 2 heterocycles. The molecule has 2 aliphatic rings. The van der Waals surface area contributed by atoms with Crippen molar-refractivity contribution in [2.45, 2.75) is 129 Å². The van der Waals surface area contributed by atoms with Crippen LogP contribution >= 0.6 is 11.3 Å². The van der Waals surface area contributed by atoms with Gasteiger partial charge in [-0.2, -0.15) is 4.31 Å². The topological polar surface area (TPSA) is 174 Å². The Hall–Kier alpha value is -3.30. The van der Waals surface area contributed by atoms with Crippen LogP contribution in [0, 0.1) is 28.6 Å². The number of hydrogen-bond donors (Lipinski definition) is 4. The van der Waals surface area contributed by atoms with Gasteiger partial charge in [0, 0.05) is 31.7 Å². The average molecular weight is 779 g/mol. The molecule has 1 aliphatic carbocycles. The SMILES string of the molecule is C=CCNC(=O)C(=O)C(CC1CC1)NC(=O)[C@@H]1C(C(C)C)CCN1C(=O)[C@@H](NC(=O)N[C@H](CN(C(C)C)S(=O)(=O)c1cccs1)C(C)(C)C)C(C)(C)C.